The molecule has 0 spiro atoms. The van der Waals surface area contributed by atoms with Gasteiger partial charge in [0, 0.05) is 17.6 Å². The van der Waals surface area contributed by atoms with Crippen molar-refractivity contribution in [3.05, 3.63) is 29.8 Å². The van der Waals surface area contributed by atoms with Crippen LogP contribution in [0.15, 0.2) is 24.3 Å². The Balaban J connectivity index is 2.54. The van der Waals surface area contributed by atoms with Crippen LogP contribution in [-0.4, -0.2) is 11.4 Å². The lowest BCUT2D eigenvalue weighted by Crippen LogP contribution is -2.43. The summed E-state index contributed by atoms with van der Waals surface area (Å²) in [4.78, 5) is 12.0. The third-order valence-corrected chi connectivity index (χ3v) is 3.35. The molecule has 1 aromatic carbocycles. The first-order valence-electron chi connectivity index (χ1n) is 7.00. The number of carbonyl (C=O) groups is 1. The Morgan fingerprint density at radius 2 is 1.89 bits per heavy atom. The summed E-state index contributed by atoms with van der Waals surface area (Å²) in [6.07, 6.45) is 2.58. The normalized spacial score (nSPS) is 13.1. The minimum atomic E-state index is -0.118. The van der Waals surface area contributed by atoms with Crippen molar-refractivity contribution in [2.45, 2.75) is 58.4 Å². The van der Waals surface area contributed by atoms with E-state index >= 15 is 0 Å². The van der Waals surface area contributed by atoms with E-state index in [1.165, 1.54) is 0 Å². The Morgan fingerprint density at radius 3 is 2.42 bits per heavy atom. The summed E-state index contributed by atoms with van der Waals surface area (Å²) in [5, 5.41) is 3.11. The summed E-state index contributed by atoms with van der Waals surface area (Å²) in [5.74, 6) is 0.320. The number of nitrogens with two attached hydrogens (primary N) is 1. The first-order valence-corrected chi connectivity index (χ1v) is 7.00. The number of hydrogen-bond acceptors (Lipinski definition) is 2. The zero-order valence-corrected chi connectivity index (χ0v) is 12.5. The summed E-state index contributed by atoms with van der Waals surface area (Å²) in [5.41, 5.74) is 7.45. The fourth-order valence-corrected chi connectivity index (χ4v) is 2.34. The average Bonchev–Trinajstić information content (AvgIpc) is 2.28. The van der Waals surface area contributed by atoms with E-state index in [9.17, 15) is 4.79 Å². The van der Waals surface area contributed by atoms with Gasteiger partial charge in [-0.15, -0.1) is 0 Å². The minimum Gasteiger partial charge on any atom is -0.399 e. The maximum atomic E-state index is 12.0. The predicted octanol–water partition coefficient (Wildman–Crippen LogP) is 3.46. The van der Waals surface area contributed by atoms with Crippen molar-refractivity contribution in [1.82, 2.24) is 5.32 Å². The first kappa shape index (κ1) is 15.5. The molecule has 3 N–H and O–H groups in total. The Morgan fingerprint density at radius 1 is 1.32 bits per heavy atom. The van der Waals surface area contributed by atoms with Gasteiger partial charge in [0.05, 0.1) is 0 Å². The molecule has 19 heavy (non-hydrogen) atoms. The number of benzene rings is 1. The zero-order valence-electron chi connectivity index (χ0n) is 12.5. The summed E-state index contributed by atoms with van der Waals surface area (Å²) < 4.78 is 0. The molecule has 0 heterocycles. The first-order chi connectivity index (χ1) is 8.84. The third kappa shape index (κ3) is 5.33. The van der Waals surface area contributed by atoms with Crippen LogP contribution in [0.3, 0.4) is 0 Å². The van der Waals surface area contributed by atoms with E-state index in [0.717, 1.165) is 24.1 Å². The lowest BCUT2D eigenvalue weighted by molar-refractivity contribution is -0.123. The molecule has 0 bridgehead atoms. The average molecular weight is 262 g/mol. The van der Waals surface area contributed by atoms with Gasteiger partial charge >= 0.3 is 0 Å². The Labute approximate surface area is 116 Å². The van der Waals surface area contributed by atoms with Gasteiger partial charge < -0.3 is 11.1 Å². The van der Waals surface area contributed by atoms with E-state index in [1.807, 2.05) is 24.3 Å². The van der Waals surface area contributed by atoms with E-state index in [2.05, 4.69) is 33.0 Å². The summed E-state index contributed by atoms with van der Waals surface area (Å²) >= 11 is 0. The highest BCUT2D eigenvalue weighted by Crippen LogP contribution is 2.21. The molecule has 0 aliphatic heterocycles. The van der Waals surface area contributed by atoms with Gasteiger partial charge in [-0.3, -0.25) is 4.79 Å². The van der Waals surface area contributed by atoms with E-state index in [4.69, 9.17) is 5.73 Å². The van der Waals surface area contributed by atoms with Gasteiger partial charge in [-0.2, -0.15) is 0 Å². The number of hydrogen-bond donors (Lipinski definition) is 2. The van der Waals surface area contributed by atoms with Crippen LogP contribution in [0.2, 0.25) is 0 Å². The Bertz CT molecular complexity index is 409. The standard InChI is InChI=1S/C16H26N2O/c1-5-10-16(3,4)18-15(19)11-12(2)13-6-8-14(17)9-7-13/h6-9,12H,5,10-11,17H2,1-4H3,(H,18,19). The van der Waals surface area contributed by atoms with Crippen molar-refractivity contribution >= 4 is 11.6 Å². The predicted molar refractivity (Wildman–Crippen MR) is 81.0 cm³/mol. The number of carbonyl (C=O) groups excluding carboxylic acids is 1. The number of anilines is 1. The molecule has 1 atom stereocenters. The topological polar surface area (TPSA) is 55.1 Å². The maximum absolute atomic E-state index is 12.0. The van der Waals surface area contributed by atoms with Crippen molar-refractivity contribution in [1.29, 1.82) is 0 Å². The molecular weight excluding hydrogens is 236 g/mol. The highest BCUT2D eigenvalue weighted by molar-refractivity contribution is 5.77. The van der Waals surface area contributed by atoms with Gasteiger partial charge in [0.15, 0.2) is 0 Å². The van der Waals surface area contributed by atoms with Gasteiger partial charge in [0.2, 0.25) is 5.91 Å². The van der Waals surface area contributed by atoms with Crippen LogP contribution in [-0.2, 0) is 4.79 Å². The molecule has 0 aliphatic carbocycles. The molecular formula is C16H26N2O. The number of amides is 1. The fraction of sp³-hybridized carbons (Fsp3) is 0.562. The lowest BCUT2D eigenvalue weighted by Gasteiger charge is -2.26. The van der Waals surface area contributed by atoms with Crippen LogP contribution in [0.25, 0.3) is 0 Å². The van der Waals surface area contributed by atoms with Gasteiger partial charge in [-0.05, 0) is 43.9 Å². The van der Waals surface area contributed by atoms with Crippen molar-refractivity contribution in [3.8, 4) is 0 Å². The second-order valence-corrected chi connectivity index (χ2v) is 5.95. The molecule has 3 nitrogen and oxygen atoms in total. The molecule has 0 saturated carbocycles. The smallest absolute Gasteiger partial charge is 0.221 e. The van der Waals surface area contributed by atoms with Gasteiger partial charge in [-0.1, -0.05) is 32.4 Å². The summed E-state index contributed by atoms with van der Waals surface area (Å²) in [6.45, 7) is 8.34. The molecule has 3 heteroatoms. The van der Waals surface area contributed by atoms with Crippen LogP contribution in [0.1, 0.15) is 58.4 Å². The van der Waals surface area contributed by atoms with Crippen molar-refractivity contribution in [2.75, 3.05) is 5.73 Å². The molecule has 0 fully saturated rings. The van der Waals surface area contributed by atoms with Crippen LogP contribution in [0.4, 0.5) is 5.69 Å². The monoisotopic (exact) mass is 262 g/mol. The van der Waals surface area contributed by atoms with Crippen LogP contribution < -0.4 is 11.1 Å². The third-order valence-electron chi connectivity index (χ3n) is 3.35. The molecule has 0 aliphatic rings. The van der Waals surface area contributed by atoms with Crippen LogP contribution in [0, 0.1) is 0 Å². The van der Waals surface area contributed by atoms with E-state index in [0.29, 0.717) is 6.42 Å². The van der Waals surface area contributed by atoms with E-state index in [1.54, 1.807) is 0 Å². The van der Waals surface area contributed by atoms with Crippen LogP contribution >= 0.6 is 0 Å². The molecule has 0 saturated heterocycles. The van der Waals surface area contributed by atoms with E-state index < -0.39 is 0 Å². The zero-order chi connectivity index (χ0) is 14.5. The number of rotatable bonds is 6. The number of nitrogens with one attached hydrogen (secondary N) is 1. The van der Waals surface area contributed by atoms with Crippen molar-refractivity contribution in [2.24, 2.45) is 0 Å². The van der Waals surface area contributed by atoms with Gasteiger partial charge in [0.25, 0.3) is 0 Å². The lowest BCUT2D eigenvalue weighted by atomic mass is 9.95. The fourth-order valence-electron chi connectivity index (χ4n) is 2.34. The molecule has 1 unspecified atom stereocenters. The molecule has 106 valence electrons. The molecule has 1 aromatic rings. The Kier molecular flexibility index (Phi) is 5.40. The number of nitrogen functional groups attached to an aromatic ring is 1. The van der Waals surface area contributed by atoms with Gasteiger partial charge in [0.1, 0.15) is 0 Å². The summed E-state index contributed by atoms with van der Waals surface area (Å²) in [7, 11) is 0. The largest absolute Gasteiger partial charge is 0.399 e. The van der Waals surface area contributed by atoms with Gasteiger partial charge in [-0.25, -0.2) is 0 Å². The maximum Gasteiger partial charge on any atom is 0.221 e. The second-order valence-electron chi connectivity index (χ2n) is 5.95. The minimum absolute atomic E-state index is 0.114. The Hall–Kier alpha value is -1.51. The van der Waals surface area contributed by atoms with E-state index in [-0.39, 0.29) is 17.4 Å². The SMILES string of the molecule is CCCC(C)(C)NC(=O)CC(C)c1ccc(N)cc1. The highest BCUT2D eigenvalue weighted by Gasteiger charge is 2.20. The van der Waals surface area contributed by atoms with Crippen molar-refractivity contribution < 1.29 is 4.79 Å². The molecule has 0 radical (unpaired) electrons. The summed E-state index contributed by atoms with van der Waals surface area (Å²) in [6, 6.07) is 7.74. The second kappa shape index (κ2) is 6.60. The molecule has 1 rings (SSSR count). The van der Waals surface area contributed by atoms with Crippen molar-refractivity contribution in [3.63, 3.8) is 0 Å². The molecule has 1 amide bonds. The molecule has 0 aromatic heterocycles. The quantitative estimate of drug-likeness (QED) is 0.771. The van der Waals surface area contributed by atoms with Crippen LogP contribution in [0.5, 0.6) is 0 Å². The highest BCUT2D eigenvalue weighted by atomic mass is 16.1.